The number of thiazole rings is 1. The van der Waals surface area contributed by atoms with E-state index in [1.165, 1.54) is 16.9 Å². The van der Waals surface area contributed by atoms with Crippen LogP contribution in [0.2, 0.25) is 0 Å². The fraction of sp³-hybridized carbons (Fsp3) is 0.0556. The second-order valence-electron chi connectivity index (χ2n) is 5.32. The van der Waals surface area contributed by atoms with Gasteiger partial charge in [-0.3, -0.25) is 10.1 Å². The van der Waals surface area contributed by atoms with Crippen LogP contribution in [0, 0.1) is 0 Å². The monoisotopic (exact) mass is 352 g/mol. The van der Waals surface area contributed by atoms with Crippen molar-refractivity contribution in [1.29, 1.82) is 0 Å². The van der Waals surface area contributed by atoms with Gasteiger partial charge in [-0.1, -0.05) is 36.4 Å². The number of benzene rings is 2. The molecule has 0 unspecified atom stereocenters. The first-order chi connectivity index (χ1) is 12.1. The summed E-state index contributed by atoms with van der Waals surface area (Å²) in [4.78, 5) is 28.5. The average Bonchev–Trinajstić information content (AvgIpc) is 3.02. The number of anilines is 2. The van der Waals surface area contributed by atoms with Gasteiger partial charge in [0.05, 0.1) is 0 Å². The molecule has 0 radical (unpaired) electrons. The van der Waals surface area contributed by atoms with E-state index in [2.05, 4.69) is 27.8 Å². The minimum atomic E-state index is -0.678. The van der Waals surface area contributed by atoms with E-state index in [4.69, 9.17) is 5.73 Å². The Morgan fingerprint density at radius 3 is 2.60 bits per heavy atom. The minimum Gasteiger partial charge on any atom is -0.351 e. The van der Waals surface area contributed by atoms with Crippen molar-refractivity contribution < 1.29 is 9.59 Å². The maximum absolute atomic E-state index is 12.3. The Morgan fingerprint density at radius 2 is 1.84 bits per heavy atom. The number of nitrogens with zero attached hydrogens (tertiary/aromatic N) is 1. The summed E-state index contributed by atoms with van der Waals surface area (Å²) in [6.45, 7) is 0. The SMILES string of the molecule is NC(=O)Nc1cccc(C(=O)Nc2ncc(Cc3ccccc3)s2)c1. The third kappa shape index (κ3) is 4.65. The fourth-order valence-electron chi connectivity index (χ4n) is 2.29. The quantitative estimate of drug-likeness (QED) is 0.656. The number of rotatable bonds is 5. The van der Waals surface area contributed by atoms with Crippen LogP contribution in [0.5, 0.6) is 0 Å². The van der Waals surface area contributed by atoms with E-state index >= 15 is 0 Å². The summed E-state index contributed by atoms with van der Waals surface area (Å²) in [6.07, 6.45) is 2.53. The molecule has 25 heavy (non-hydrogen) atoms. The van der Waals surface area contributed by atoms with E-state index in [-0.39, 0.29) is 5.91 Å². The zero-order valence-electron chi connectivity index (χ0n) is 13.2. The number of urea groups is 1. The number of nitrogens with two attached hydrogens (primary N) is 1. The maximum Gasteiger partial charge on any atom is 0.316 e. The first-order valence-electron chi connectivity index (χ1n) is 7.56. The minimum absolute atomic E-state index is 0.297. The van der Waals surface area contributed by atoms with Gasteiger partial charge in [0.1, 0.15) is 0 Å². The zero-order chi connectivity index (χ0) is 17.6. The number of carbonyl (C=O) groups excluding carboxylic acids is 2. The lowest BCUT2D eigenvalue weighted by Gasteiger charge is -2.05. The van der Waals surface area contributed by atoms with Gasteiger partial charge in [-0.15, -0.1) is 11.3 Å². The summed E-state index contributed by atoms with van der Waals surface area (Å²) in [5, 5.41) is 5.74. The van der Waals surface area contributed by atoms with Crippen LogP contribution in [0.1, 0.15) is 20.8 Å². The van der Waals surface area contributed by atoms with Gasteiger partial charge in [-0.2, -0.15) is 0 Å². The molecule has 0 spiro atoms. The van der Waals surface area contributed by atoms with Crippen LogP contribution >= 0.6 is 11.3 Å². The molecule has 1 heterocycles. The predicted molar refractivity (Wildman–Crippen MR) is 99.0 cm³/mol. The Bertz CT molecular complexity index is 893. The molecule has 0 saturated carbocycles. The summed E-state index contributed by atoms with van der Waals surface area (Å²) in [6, 6.07) is 15.9. The standard InChI is InChI=1S/C18H16N4O2S/c19-17(24)21-14-8-4-7-13(10-14)16(23)22-18-20-11-15(25-18)9-12-5-2-1-3-6-12/h1-8,10-11H,9H2,(H3,19,21,24)(H,20,22,23). The van der Waals surface area contributed by atoms with E-state index in [1.54, 1.807) is 30.5 Å². The molecule has 1 aromatic heterocycles. The molecule has 3 rings (SSSR count). The van der Waals surface area contributed by atoms with Crippen LogP contribution < -0.4 is 16.4 Å². The fourth-order valence-corrected chi connectivity index (χ4v) is 3.14. The van der Waals surface area contributed by atoms with Crippen LogP contribution in [-0.2, 0) is 6.42 Å². The number of hydrogen-bond acceptors (Lipinski definition) is 4. The Hall–Kier alpha value is -3.19. The smallest absolute Gasteiger partial charge is 0.316 e. The molecule has 6 nitrogen and oxygen atoms in total. The second kappa shape index (κ2) is 7.59. The normalized spacial score (nSPS) is 10.2. The summed E-state index contributed by atoms with van der Waals surface area (Å²) in [5.41, 5.74) is 7.14. The Kier molecular flexibility index (Phi) is 5.06. The van der Waals surface area contributed by atoms with E-state index in [0.29, 0.717) is 16.4 Å². The third-order valence-electron chi connectivity index (χ3n) is 3.39. The van der Waals surface area contributed by atoms with Crippen LogP contribution in [0.4, 0.5) is 15.6 Å². The molecular formula is C18H16N4O2S. The van der Waals surface area contributed by atoms with Crippen molar-refractivity contribution in [3.8, 4) is 0 Å². The largest absolute Gasteiger partial charge is 0.351 e. The average molecular weight is 352 g/mol. The Balaban J connectivity index is 1.66. The molecule has 0 bridgehead atoms. The van der Waals surface area contributed by atoms with Gasteiger partial charge in [0.2, 0.25) is 0 Å². The van der Waals surface area contributed by atoms with E-state index < -0.39 is 6.03 Å². The van der Waals surface area contributed by atoms with Gasteiger partial charge >= 0.3 is 6.03 Å². The van der Waals surface area contributed by atoms with Gasteiger partial charge in [0, 0.05) is 28.7 Å². The van der Waals surface area contributed by atoms with Gasteiger partial charge in [0.25, 0.3) is 5.91 Å². The van der Waals surface area contributed by atoms with Crippen molar-refractivity contribution in [2.45, 2.75) is 6.42 Å². The number of primary amides is 1. The lowest BCUT2D eigenvalue weighted by Crippen LogP contribution is -2.19. The lowest BCUT2D eigenvalue weighted by molar-refractivity contribution is 0.102. The Labute approximate surface area is 148 Å². The van der Waals surface area contributed by atoms with Crippen molar-refractivity contribution in [1.82, 2.24) is 4.98 Å². The van der Waals surface area contributed by atoms with Crippen molar-refractivity contribution >= 4 is 34.1 Å². The van der Waals surface area contributed by atoms with E-state index in [0.717, 1.165) is 11.3 Å². The van der Waals surface area contributed by atoms with Crippen molar-refractivity contribution in [3.63, 3.8) is 0 Å². The second-order valence-corrected chi connectivity index (χ2v) is 6.43. The highest BCUT2D eigenvalue weighted by Gasteiger charge is 2.10. The highest BCUT2D eigenvalue weighted by atomic mass is 32.1. The topological polar surface area (TPSA) is 97.1 Å². The zero-order valence-corrected chi connectivity index (χ0v) is 14.0. The van der Waals surface area contributed by atoms with Gasteiger partial charge < -0.3 is 11.1 Å². The molecule has 126 valence electrons. The maximum atomic E-state index is 12.3. The molecule has 4 N–H and O–H groups in total. The predicted octanol–water partition coefficient (Wildman–Crippen LogP) is 3.48. The molecule has 0 saturated heterocycles. The summed E-state index contributed by atoms with van der Waals surface area (Å²) >= 11 is 1.43. The number of carbonyl (C=O) groups is 2. The van der Waals surface area contributed by atoms with Gasteiger partial charge in [0.15, 0.2) is 5.13 Å². The molecule has 0 atom stereocenters. The summed E-state index contributed by atoms with van der Waals surface area (Å²) in [5.74, 6) is -0.297. The molecule has 0 aliphatic carbocycles. The molecule has 3 amide bonds. The van der Waals surface area contributed by atoms with Crippen LogP contribution in [-0.4, -0.2) is 16.9 Å². The van der Waals surface area contributed by atoms with Crippen molar-refractivity contribution in [2.75, 3.05) is 10.6 Å². The number of hydrogen-bond donors (Lipinski definition) is 3. The first-order valence-corrected chi connectivity index (χ1v) is 8.38. The van der Waals surface area contributed by atoms with E-state index in [9.17, 15) is 9.59 Å². The molecule has 7 heteroatoms. The van der Waals surface area contributed by atoms with E-state index in [1.807, 2.05) is 18.2 Å². The molecule has 0 fully saturated rings. The summed E-state index contributed by atoms with van der Waals surface area (Å²) < 4.78 is 0. The van der Waals surface area contributed by atoms with Crippen molar-refractivity contribution in [2.24, 2.45) is 5.73 Å². The molecule has 3 aromatic rings. The van der Waals surface area contributed by atoms with Crippen molar-refractivity contribution in [3.05, 3.63) is 76.8 Å². The number of amides is 3. The number of nitrogens with one attached hydrogen (secondary N) is 2. The van der Waals surface area contributed by atoms with Crippen LogP contribution in [0.25, 0.3) is 0 Å². The lowest BCUT2D eigenvalue weighted by atomic mass is 10.1. The molecular weight excluding hydrogens is 336 g/mol. The summed E-state index contributed by atoms with van der Waals surface area (Å²) in [7, 11) is 0. The molecule has 0 aliphatic heterocycles. The third-order valence-corrected chi connectivity index (χ3v) is 4.30. The first kappa shape index (κ1) is 16.7. The molecule has 0 aliphatic rings. The highest BCUT2D eigenvalue weighted by Crippen LogP contribution is 2.22. The van der Waals surface area contributed by atoms with Gasteiger partial charge in [-0.05, 0) is 23.8 Å². The van der Waals surface area contributed by atoms with Crippen LogP contribution in [0.15, 0.2) is 60.8 Å². The number of aromatic nitrogens is 1. The van der Waals surface area contributed by atoms with Crippen LogP contribution in [0.3, 0.4) is 0 Å². The van der Waals surface area contributed by atoms with Gasteiger partial charge in [-0.25, -0.2) is 9.78 Å². The highest BCUT2D eigenvalue weighted by molar-refractivity contribution is 7.15. The Morgan fingerprint density at radius 1 is 1.04 bits per heavy atom. The molecule has 2 aromatic carbocycles.